The van der Waals surface area contributed by atoms with E-state index < -0.39 is 12.2 Å². The lowest BCUT2D eigenvalue weighted by atomic mass is 9.98. The number of nitrogens with zero attached hydrogens (tertiary/aromatic N) is 1. The Labute approximate surface area is 156 Å². The van der Waals surface area contributed by atoms with Gasteiger partial charge in [-0.1, -0.05) is 30.3 Å². The minimum Gasteiger partial charge on any atom is -0.443 e. The lowest BCUT2D eigenvalue weighted by Gasteiger charge is -2.43. The molecule has 26 heavy (non-hydrogen) atoms. The van der Waals surface area contributed by atoms with Crippen LogP contribution in [0.25, 0.3) is 0 Å². The minimum absolute atomic E-state index is 0.139. The number of carbonyl (C=O) groups is 1. The minimum atomic E-state index is -0.601. The van der Waals surface area contributed by atoms with E-state index >= 15 is 0 Å². The van der Waals surface area contributed by atoms with Gasteiger partial charge in [-0.25, -0.2) is 4.79 Å². The molecule has 1 saturated carbocycles. The van der Waals surface area contributed by atoms with Gasteiger partial charge in [0.05, 0.1) is 6.10 Å². The normalized spacial score (nSPS) is 29.4. The Bertz CT molecular complexity index is 593. The predicted molar refractivity (Wildman–Crippen MR) is 102 cm³/mol. The fourth-order valence-corrected chi connectivity index (χ4v) is 4.31. The van der Waals surface area contributed by atoms with Crippen LogP contribution in [0.15, 0.2) is 30.3 Å². The molecular formula is C21H32N2O3. The highest BCUT2D eigenvalue weighted by molar-refractivity contribution is 5.69. The topological polar surface area (TPSA) is 61.8 Å². The molecule has 4 atom stereocenters. The molecule has 1 heterocycles. The Hall–Kier alpha value is -1.59. The molecule has 5 nitrogen and oxygen atoms in total. The zero-order valence-corrected chi connectivity index (χ0v) is 16.1. The van der Waals surface area contributed by atoms with Gasteiger partial charge in [-0.2, -0.15) is 0 Å². The first kappa shape index (κ1) is 19.2. The van der Waals surface area contributed by atoms with Crippen molar-refractivity contribution in [3.8, 4) is 0 Å². The molecule has 3 rings (SSSR count). The van der Waals surface area contributed by atoms with Gasteiger partial charge in [0.1, 0.15) is 6.10 Å². The van der Waals surface area contributed by atoms with Crippen LogP contribution in [0, 0.1) is 0 Å². The van der Waals surface area contributed by atoms with E-state index in [0.29, 0.717) is 12.8 Å². The number of carbonyl (C=O) groups excluding carboxylic acids is 1. The number of aliphatic hydroxyl groups is 1. The van der Waals surface area contributed by atoms with Gasteiger partial charge in [0.15, 0.2) is 0 Å². The number of hydrogen-bond donors (Lipinski definition) is 2. The first-order valence-electron chi connectivity index (χ1n) is 9.80. The van der Waals surface area contributed by atoms with E-state index in [1.807, 2.05) is 43.9 Å². The molecule has 1 aromatic rings. The van der Waals surface area contributed by atoms with Gasteiger partial charge in [-0.3, -0.25) is 4.90 Å². The van der Waals surface area contributed by atoms with Crippen LogP contribution in [0.4, 0.5) is 4.79 Å². The summed E-state index contributed by atoms with van der Waals surface area (Å²) in [5, 5.41) is 13.8. The summed E-state index contributed by atoms with van der Waals surface area (Å²) in [6, 6.07) is 10.3. The first-order valence-corrected chi connectivity index (χ1v) is 9.80. The molecule has 5 heteroatoms. The molecule has 1 amide bonds. The SMILES string of the molecule is CC(C)(C)N(C(=O)O[C@@H]1C[C@H](c2ccccc2)C[C@H]1O)[C@@H]1CCCNC1. The Morgan fingerprint density at radius 2 is 1.96 bits per heavy atom. The summed E-state index contributed by atoms with van der Waals surface area (Å²) in [5.41, 5.74) is 0.887. The van der Waals surface area contributed by atoms with Crippen molar-refractivity contribution in [1.82, 2.24) is 10.2 Å². The molecular weight excluding hydrogens is 328 g/mol. The second kappa shape index (κ2) is 7.97. The molecule has 1 aliphatic carbocycles. The van der Waals surface area contributed by atoms with Crippen LogP contribution in [-0.4, -0.2) is 53.0 Å². The first-order chi connectivity index (χ1) is 12.4. The van der Waals surface area contributed by atoms with Crippen molar-refractivity contribution in [3.63, 3.8) is 0 Å². The molecule has 0 bridgehead atoms. The second-order valence-electron chi connectivity index (χ2n) is 8.61. The number of nitrogens with one attached hydrogen (secondary N) is 1. The molecule has 0 spiro atoms. The van der Waals surface area contributed by atoms with Crippen LogP contribution in [0.2, 0.25) is 0 Å². The zero-order valence-electron chi connectivity index (χ0n) is 16.1. The van der Waals surface area contributed by atoms with Crippen molar-refractivity contribution >= 4 is 6.09 Å². The fraction of sp³-hybridized carbons (Fsp3) is 0.667. The highest BCUT2D eigenvalue weighted by Gasteiger charge is 2.40. The molecule has 2 aliphatic rings. The second-order valence-corrected chi connectivity index (χ2v) is 8.61. The highest BCUT2D eigenvalue weighted by atomic mass is 16.6. The standard InChI is InChI=1S/C21H32N2O3/c1-21(2,3)23(17-10-7-11-22-14-17)20(25)26-19-13-16(12-18(19)24)15-8-5-4-6-9-15/h4-6,8-9,16-19,22,24H,7,10-14H2,1-3H3/t16-,17-,18-,19-/m1/s1. The summed E-state index contributed by atoms with van der Waals surface area (Å²) >= 11 is 0. The monoisotopic (exact) mass is 360 g/mol. The maximum atomic E-state index is 13.0. The van der Waals surface area contributed by atoms with Crippen molar-refractivity contribution < 1.29 is 14.6 Å². The van der Waals surface area contributed by atoms with Crippen LogP contribution in [0.5, 0.6) is 0 Å². The van der Waals surface area contributed by atoms with Gasteiger partial charge in [0, 0.05) is 18.1 Å². The van der Waals surface area contributed by atoms with Crippen molar-refractivity contribution in [2.24, 2.45) is 0 Å². The summed E-state index contributed by atoms with van der Waals surface area (Å²) in [6.07, 6.45) is 2.03. The van der Waals surface area contributed by atoms with Crippen LogP contribution in [-0.2, 0) is 4.74 Å². The van der Waals surface area contributed by atoms with Crippen LogP contribution in [0.1, 0.15) is 57.9 Å². The van der Waals surface area contributed by atoms with E-state index in [0.717, 1.165) is 25.9 Å². The molecule has 2 fully saturated rings. The Balaban J connectivity index is 1.67. The lowest BCUT2D eigenvalue weighted by Crippen LogP contribution is -2.57. The largest absolute Gasteiger partial charge is 0.443 e. The van der Waals surface area contributed by atoms with Crippen molar-refractivity contribution in [2.45, 2.75) is 76.2 Å². The molecule has 1 aliphatic heterocycles. The number of ether oxygens (including phenoxy) is 1. The predicted octanol–water partition coefficient (Wildman–Crippen LogP) is 3.28. The third-order valence-corrected chi connectivity index (χ3v) is 5.55. The zero-order chi connectivity index (χ0) is 18.7. The van der Waals surface area contributed by atoms with Crippen LogP contribution in [0.3, 0.4) is 0 Å². The van der Waals surface area contributed by atoms with E-state index in [9.17, 15) is 9.90 Å². The average Bonchev–Trinajstić information content (AvgIpc) is 2.96. The van der Waals surface area contributed by atoms with Gasteiger partial charge < -0.3 is 15.2 Å². The number of piperidine rings is 1. The van der Waals surface area contributed by atoms with Crippen molar-refractivity contribution in [1.29, 1.82) is 0 Å². The molecule has 0 unspecified atom stereocenters. The van der Waals surface area contributed by atoms with E-state index in [1.54, 1.807) is 0 Å². The number of benzene rings is 1. The third kappa shape index (κ3) is 4.38. The maximum Gasteiger partial charge on any atom is 0.410 e. The van der Waals surface area contributed by atoms with Gasteiger partial charge in [-0.05, 0) is 64.5 Å². The van der Waals surface area contributed by atoms with Gasteiger partial charge in [0.2, 0.25) is 0 Å². The van der Waals surface area contributed by atoms with Gasteiger partial charge >= 0.3 is 6.09 Å². The summed E-state index contributed by atoms with van der Waals surface area (Å²) < 4.78 is 5.83. The Morgan fingerprint density at radius 3 is 2.58 bits per heavy atom. The highest BCUT2D eigenvalue weighted by Crippen LogP contribution is 2.37. The molecule has 2 N–H and O–H groups in total. The smallest absolute Gasteiger partial charge is 0.410 e. The van der Waals surface area contributed by atoms with Crippen LogP contribution >= 0.6 is 0 Å². The number of hydrogen-bond acceptors (Lipinski definition) is 4. The number of rotatable bonds is 3. The molecule has 144 valence electrons. The quantitative estimate of drug-likeness (QED) is 0.868. The molecule has 1 aromatic carbocycles. The van der Waals surface area contributed by atoms with E-state index in [4.69, 9.17) is 4.74 Å². The number of aliphatic hydroxyl groups excluding tert-OH is 1. The van der Waals surface area contributed by atoms with Gasteiger partial charge in [0.25, 0.3) is 0 Å². The Morgan fingerprint density at radius 1 is 1.23 bits per heavy atom. The molecule has 1 saturated heterocycles. The number of amides is 1. The molecule has 0 aromatic heterocycles. The van der Waals surface area contributed by atoms with E-state index in [1.165, 1.54) is 5.56 Å². The summed E-state index contributed by atoms with van der Waals surface area (Å²) in [7, 11) is 0. The summed E-state index contributed by atoms with van der Waals surface area (Å²) in [4.78, 5) is 14.9. The van der Waals surface area contributed by atoms with Crippen molar-refractivity contribution in [2.75, 3.05) is 13.1 Å². The maximum absolute atomic E-state index is 13.0. The van der Waals surface area contributed by atoms with E-state index in [-0.39, 0.29) is 23.6 Å². The van der Waals surface area contributed by atoms with E-state index in [2.05, 4.69) is 17.4 Å². The fourth-order valence-electron chi connectivity index (χ4n) is 4.31. The summed E-state index contributed by atoms with van der Waals surface area (Å²) in [6.45, 7) is 7.93. The third-order valence-electron chi connectivity index (χ3n) is 5.55. The lowest BCUT2D eigenvalue weighted by molar-refractivity contribution is -0.0196. The van der Waals surface area contributed by atoms with Crippen molar-refractivity contribution in [3.05, 3.63) is 35.9 Å². The van der Waals surface area contributed by atoms with Crippen LogP contribution < -0.4 is 5.32 Å². The average molecular weight is 360 g/mol. The van der Waals surface area contributed by atoms with Gasteiger partial charge in [-0.15, -0.1) is 0 Å². The summed E-state index contributed by atoms with van der Waals surface area (Å²) in [5.74, 6) is 0.239. The molecule has 0 radical (unpaired) electrons. The Kier molecular flexibility index (Phi) is 5.88.